The summed E-state index contributed by atoms with van der Waals surface area (Å²) in [7, 11) is 0. The lowest BCUT2D eigenvalue weighted by Gasteiger charge is -2.34. The van der Waals surface area contributed by atoms with Crippen molar-refractivity contribution < 1.29 is 4.79 Å². The second-order valence-electron chi connectivity index (χ2n) is 5.28. The number of carbonyl (C=O) groups excluding carboxylic acids is 1. The smallest absolute Gasteiger partial charge is 0.233 e. The molecule has 0 radical (unpaired) electrons. The molecule has 1 aromatic heterocycles. The number of aromatic nitrogens is 2. The Kier molecular flexibility index (Phi) is 4.65. The van der Waals surface area contributed by atoms with Crippen molar-refractivity contribution >= 4 is 23.1 Å². The Bertz CT molecular complexity index is 512. The Morgan fingerprint density at radius 1 is 1.45 bits per heavy atom. The molecule has 2 rings (SSSR count). The largest absolute Gasteiger partial charge is 0.392 e. The fraction of sp³-hybridized carbons (Fsp3) is 0.571. The Balaban J connectivity index is 2.04. The van der Waals surface area contributed by atoms with Crippen molar-refractivity contribution in [2.24, 2.45) is 11.1 Å². The van der Waals surface area contributed by atoms with Crippen molar-refractivity contribution in [3.63, 3.8) is 0 Å². The monoisotopic (exact) mass is 292 g/mol. The fourth-order valence-electron chi connectivity index (χ4n) is 2.68. The predicted octanol–water partition coefficient (Wildman–Crippen LogP) is 1.64. The summed E-state index contributed by atoms with van der Waals surface area (Å²) in [6.45, 7) is 2.20. The van der Waals surface area contributed by atoms with Gasteiger partial charge in [0.25, 0.3) is 0 Å². The van der Waals surface area contributed by atoms with Gasteiger partial charge in [0.1, 0.15) is 5.82 Å². The van der Waals surface area contributed by atoms with Gasteiger partial charge in [-0.1, -0.05) is 31.5 Å². The molecule has 1 saturated carbocycles. The van der Waals surface area contributed by atoms with Crippen LogP contribution in [0.5, 0.6) is 0 Å². The highest BCUT2D eigenvalue weighted by Gasteiger charge is 2.42. The lowest BCUT2D eigenvalue weighted by atomic mass is 9.73. The van der Waals surface area contributed by atoms with Gasteiger partial charge in [0.05, 0.1) is 22.6 Å². The van der Waals surface area contributed by atoms with Gasteiger partial charge in [-0.05, 0) is 25.8 Å². The van der Waals surface area contributed by atoms with E-state index in [1.165, 1.54) is 0 Å². The molecular formula is C14H20N4OS. The van der Waals surface area contributed by atoms with Gasteiger partial charge in [-0.2, -0.15) is 0 Å². The number of carbonyl (C=O) groups is 1. The second-order valence-corrected chi connectivity index (χ2v) is 5.72. The van der Waals surface area contributed by atoms with Crippen LogP contribution in [-0.4, -0.2) is 20.9 Å². The van der Waals surface area contributed by atoms with Crippen LogP contribution in [0.3, 0.4) is 0 Å². The molecule has 1 aliphatic rings. The van der Waals surface area contributed by atoms with Crippen molar-refractivity contribution in [3.05, 3.63) is 23.8 Å². The summed E-state index contributed by atoms with van der Waals surface area (Å²) in [6.07, 6.45) is 6.32. The molecule has 1 fully saturated rings. The molecule has 3 N–H and O–H groups in total. The van der Waals surface area contributed by atoms with Crippen molar-refractivity contribution in [2.45, 2.75) is 45.6 Å². The quantitative estimate of drug-likeness (QED) is 0.825. The van der Waals surface area contributed by atoms with Gasteiger partial charge in [0, 0.05) is 6.20 Å². The highest BCUT2D eigenvalue weighted by atomic mass is 32.1. The Labute approximate surface area is 124 Å². The van der Waals surface area contributed by atoms with Gasteiger partial charge in [-0.25, -0.2) is 9.97 Å². The van der Waals surface area contributed by atoms with Crippen LogP contribution < -0.4 is 11.1 Å². The van der Waals surface area contributed by atoms with E-state index < -0.39 is 5.41 Å². The van der Waals surface area contributed by atoms with Crippen molar-refractivity contribution in [1.82, 2.24) is 15.3 Å². The normalized spacial score (nSPS) is 17.4. The van der Waals surface area contributed by atoms with Gasteiger partial charge < -0.3 is 11.1 Å². The Hall–Kier alpha value is -1.56. The van der Waals surface area contributed by atoms with E-state index in [4.69, 9.17) is 18.0 Å². The van der Waals surface area contributed by atoms with E-state index in [2.05, 4.69) is 15.3 Å². The average molecular weight is 292 g/mol. The Morgan fingerprint density at radius 3 is 2.75 bits per heavy atom. The number of nitrogens with two attached hydrogens (primary N) is 1. The zero-order chi connectivity index (χ0) is 14.6. The van der Waals surface area contributed by atoms with Crippen LogP contribution in [0.1, 0.15) is 43.6 Å². The predicted molar refractivity (Wildman–Crippen MR) is 80.9 cm³/mol. The van der Waals surface area contributed by atoms with E-state index in [1.54, 1.807) is 12.3 Å². The summed E-state index contributed by atoms with van der Waals surface area (Å²) in [5.74, 6) is 0.624. The summed E-state index contributed by atoms with van der Waals surface area (Å²) >= 11 is 5.15. The number of rotatable bonds is 4. The van der Waals surface area contributed by atoms with Gasteiger partial charge in [0.15, 0.2) is 0 Å². The zero-order valence-corrected chi connectivity index (χ0v) is 12.5. The lowest BCUT2D eigenvalue weighted by molar-refractivity contribution is -0.129. The summed E-state index contributed by atoms with van der Waals surface area (Å²) < 4.78 is 0. The SMILES string of the molecule is Cc1nccc(CNC(=O)C2(C(N)=S)CCCCC2)n1. The third kappa shape index (κ3) is 3.12. The van der Waals surface area contributed by atoms with Crippen molar-refractivity contribution in [1.29, 1.82) is 0 Å². The van der Waals surface area contributed by atoms with E-state index in [0.717, 1.165) is 37.8 Å². The minimum Gasteiger partial charge on any atom is -0.392 e. The first-order valence-corrected chi connectivity index (χ1v) is 7.32. The summed E-state index contributed by atoms with van der Waals surface area (Å²) in [5.41, 5.74) is 5.96. The summed E-state index contributed by atoms with van der Waals surface area (Å²) in [4.78, 5) is 21.1. The maximum Gasteiger partial charge on any atom is 0.233 e. The third-order valence-corrected chi connectivity index (χ3v) is 4.27. The molecule has 20 heavy (non-hydrogen) atoms. The standard InChI is InChI=1S/C14H20N4OS/c1-10-16-8-5-11(18-10)9-17-13(19)14(12(15)20)6-3-2-4-7-14/h5,8H,2-4,6-7,9H2,1H3,(H2,15,20)(H,17,19). The molecule has 1 aliphatic carbocycles. The average Bonchev–Trinajstić information content (AvgIpc) is 2.45. The summed E-state index contributed by atoms with van der Waals surface area (Å²) in [5, 5.41) is 2.92. The van der Waals surface area contributed by atoms with Crippen molar-refractivity contribution in [3.8, 4) is 0 Å². The van der Waals surface area contributed by atoms with Crippen LogP contribution in [0.4, 0.5) is 0 Å². The highest BCUT2D eigenvalue weighted by molar-refractivity contribution is 7.80. The van der Waals surface area contributed by atoms with Crippen LogP contribution in [0.2, 0.25) is 0 Å². The maximum atomic E-state index is 12.5. The van der Waals surface area contributed by atoms with Crippen LogP contribution in [-0.2, 0) is 11.3 Å². The van der Waals surface area contributed by atoms with E-state index in [9.17, 15) is 4.79 Å². The van der Waals surface area contributed by atoms with E-state index in [0.29, 0.717) is 17.4 Å². The molecule has 108 valence electrons. The first-order valence-electron chi connectivity index (χ1n) is 6.91. The molecule has 6 heteroatoms. The van der Waals surface area contributed by atoms with E-state index in [-0.39, 0.29) is 5.91 Å². The van der Waals surface area contributed by atoms with Gasteiger partial charge in [0.2, 0.25) is 5.91 Å². The number of aryl methyl sites for hydroxylation is 1. The Morgan fingerprint density at radius 2 is 2.15 bits per heavy atom. The minimum atomic E-state index is -0.671. The number of amides is 1. The highest BCUT2D eigenvalue weighted by Crippen LogP contribution is 2.36. The van der Waals surface area contributed by atoms with Crippen molar-refractivity contribution in [2.75, 3.05) is 0 Å². The molecule has 0 atom stereocenters. The molecule has 0 aliphatic heterocycles. The topological polar surface area (TPSA) is 80.9 Å². The molecule has 5 nitrogen and oxygen atoms in total. The van der Waals surface area contributed by atoms with Crippen LogP contribution >= 0.6 is 12.2 Å². The zero-order valence-electron chi connectivity index (χ0n) is 11.7. The summed E-state index contributed by atoms with van der Waals surface area (Å²) in [6, 6.07) is 1.79. The number of hydrogen-bond donors (Lipinski definition) is 2. The fourth-order valence-corrected chi connectivity index (χ4v) is 2.98. The van der Waals surface area contributed by atoms with Crippen LogP contribution in [0.15, 0.2) is 12.3 Å². The molecule has 0 unspecified atom stereocenters. The van der Waals surface area contributed by atoms with Gasteiger partial charge in [-0.15, -0.1) is 0 Å². The molecule has 1 amide bonds. The lowest BCUT2D eigenvalue weighted by Crippen LogP contribution is -2.49. The molecule has 1 heterocycles. The number of thiocarbonyl (C=S) groups is 1. The molecule has 1 aromatic rings. The minimum absolute atomic E-state index is 0.0686. The van der Waals surface area contributed by atoms with Crippen LogP contribution in [0.25, 0.3) is 0 Å². The van der Waals surface area contributed by atoms with Gasteiger partial charge >= 0.3 is 0 Å². The van der Waals surface area contributed by atoms with Crippen LogP contribution in [0, 0.1) is 12.3 Å². The molecule has 0 bridgehead atoms. The molecule has 0 aromatic carbocycles. The molecule has 0 spiro atoms. The molecule has 0 saturated heterocycles. The second kappa shape index (κ2) is 6.26. The maximum absolute atomic E-state index is 12.5. The van der Waals surface area contributed by atoms with Gasteiger partial charge in [-0.3, -0.25) is 4.79 Å². The number of nitrogens with one attached hydrogen (secondary N) is 1. The third-order valence-electron chi connectivity index (χ3n) is 3.88. The van der Waals surface area contributed by atoms with E-state index in [1.807, 2.05) is 6.92 Å². The first kappa shape index (κ1) is 14.8. The first-order chi connectivity index (χ1) is 9.54. The number of nitrogens with zero attached hydrogens (tertiary/aromatic N) is 2. The van der Waals surface area contributed by atoms with E-state index >= 15 is 0 Å². The number of hydrogen-bond acceptors (Lipinski definition) is 4. The molecular weight excluding hydrogens is 272 g/mol.